The topological polar surface area (TPSA) is 92.7 Å². The van der Waals surface area contributed by atoms with Crippen molar-refractivity contribution in [2.45, 2.75) is 40.2 Å². The number of benzene rings is 2. The lowest BCUT2D eigenvalue weighted by Crippen LogP contribution is -2.23. The zero-order valence-electron chi connectivity index (χ0n) is 19.9. The van der Waals surface area contributed by atoms with Gasteiger partial charge in [0, 0.05) is 16.7 Å². The Kier molecular flexibility index (Phi) is 5.56. The van der Waals surface area contributed by atoms with E-state index in [1.54, 1.807) is 26.0 Å². The molecule has 0 bridgehead atoms. The molecule has 0 radical (unpaired) electrons. The molecule has 0 fully saturated rings. The van der Waals surface area contributed by atoms with Gasteiger partial charge in [-0.1, -0.05) is 19.9 Å². The van der Waals surface area contributed by atoms with Gasteiger partial charge in [0.15, 0.2) is 23.0 Å². The molecule has 0 unspecified atom stereocenters. The Morgan fingerprint density at radius 2 is 1.68 bits per heavy atom. The lowest BCUT2D eigenvalue weighted by Gasteiger charge is -2.32. The third-order valence-corrected chi connectivity index (χ3v) is 7.01. The minimum Gasteiger partial charge on any atom is -0.492 e. The van der Waals surface area contributed by atoms with Gasteiger partial charge in [0.05, 0.1) is 13.2 Å². The lowest BCUT2D eigenvalue weighted by molar-refractivity contribution is -0.130. The average Bonchev–Trinajstić information content (AvgIpc) is 3.50. The predicted molar refractivity (Wildman–Crippen MR) is 123 cm³/mol. The van der Waals surface area contributed by atoms with Crippen LogP contribution in [-0.2, 0) is 11.2 Å². The van der Waals surface area contributed by atoms with Crippen molar-refractivity contribution in [1.82, 2.24) is 0 Å². The Bertz CT molecular complexity index is 1200. The number of hydrogen-bond donors (Lipinski definition) is 1. The van der Waals surface area contributed by atoms with E-state index in [-0.39, 0.29) is 31.2 Å². The summed E-state index contributed by atoms with van der Waals surface area (Å²) >= 11 is 0. The summed E-state index contributed by atoms with van der Waals surface area (Å²) < 4.78 is 34.6. The van der Waals surface area contributed by atoms with Gasteiger partial charge in [-0.3, -0.25) is 0 Å². The molecule has 8 nitrogen and oxygen atoms in total. The van der Waals surface area contributed by atoms with Crippen LogP contribution in [-0.4, -0.2) is 31.8 Å². The van der Waals surface area contributed by atoms with Crippen LogP contribution >= 0.6 is 0 Å². The number of carbonyl (C=O) groups excluding carboxylic acids is 1. The van der Waals surface area contributed by atoms with E-state index >= 15 is 0 Å². The monoisotopic (exact) mass is 468 g/mol. The van der Waals surface area contributed by atoms with E-state index < -0.39 is 12.1 Å². The maximum atomic E-state index is 12.9. The first-order valence-electron chi connectivity index (χ1n) is 11.3. The summed E-state index contributed by atoms with van der Waals surface area (Å²) in [5.41, 5.74) is 3.17. The van der Waals surface area contributed by atoms with Gasteiger partial charge in [0.25, 0.3) is 0 Å². The Balaban J connectivity index is 1.87. The molecule has 3 atom stereocenters. The molecule has 34 heavy (non-hydrogen) atoms. The molecule has 2 aromatic carbocycles. The van der Waals surface area contributed by atoms with Gasteiger partial charge in [-0.05, 0) is 55.4 Å². The fourth-order valence-electron chi connectivity index (χ4n) is 4.73. The van der Waals surface area contributed by atoms with Gasteiger partial charge in [-0.15, -0.1) is 0 Å². The summed E-state index contributed by atoms with van der Waals surface area (Å²) in [5, 5.41) is 11.4. The average molecular weight is 469 g/mol. The Labute approximate surface area is 198 Å². The number of aliphatic hydroxyl groups is 1. The van der Waals surface area contributed by atoms with Crippen molar-refractivity contribution in [2.75, 3.05) is 20.7 Å². The quantitative estimate of drug-likeness (QED) is 0.398. The van der Waals surface area contributed by atoms with Gasteiger partial charge in [-0.25, -0.2) is 4.79 Å². The van der Waals surface area contributed by atoms with Crippen LogP contribution in [0.15, 0.2) is 23.8 Å². The molecule has 5 rings (SSSR count). The minimum absolute atomic E-state index is 0.0189. The van der Waals surface area contributed by atoms with E-state index in [0.29, 0.717) is 57.4 Å². The Morgan fingerprint density at radius 3 is 2.32 bits per heavy atom. The maximum Gasteiger partial charge on any atom is 0.338 e. The van der Waals surface area contributed by atoms with Crippen LogP contribution in [0.4, 0.5) is 0 Å². The van der Waals surface area contributed by atoms with Gasteiger partial charge in [-0.2, -0.15) is 0 Å². The molecule has 3 aliphatic rings. The fraction of sp³-hybridized carbons (Fsp3) is 0.423. The predicted octanol–water partition coefficient (Wildman–Crippen LogP) is 4.55. The van der Waals surface area contributed by atoms with Crippen molar-refractivity contribution >= 4 is 5.97 Å². The van der Waals surface area contributed by atoms with E-state index in [0.717, 1.165) is 5.56 Å². The maximum absolute atomic E-state index is 12.9. The first-order chi connectivity index (χ1) is 16.3. The second kappa shape index (κ2) is 8.43. The number of carbonyl (C=O) groups is 1. The molecule has 0 amide bonds. The van der Waals surface area contributed by atoms with E-state index in [1.807, 2.05) is 13.0 Å². The van der Waals surface area contributed by atoms with Crippen LogP contribution in [0.2, 0.25) is 0 Å². The minimum atomic E-state index is -0.812. The fourth-order valence-corrected chi connectivity index (χ4v) is 4.73. The SMILES string of the molecule is C/C=C(\C)C(=O)Oc1c2c(cc3c1-c1c(cc4c(c1OC)OCO4)[C@H](O)[C@H](C)[C@H](C)C3)OCO2. The van der Waals surface area contributed by atoms with Crippen LogP contribution in [0.5, 0.6) is 34.5 Å². The number of ether oxygens (including phenoxy) is 6. The molecule has 0 spiro atoms. The van der Waals surface area contributed by atoms with Crippen molar-refractivity contribution < 1.29 is 38.3 Å². The molecule has 0 saturated carbocycles. The van der Waals surface area contributed by atoms with Crippen LogP contribution in [0.1, 0.15) is 44.9 Å². The normalized spacial score (nSPS) is 22.4. The summed E-state index contributed by atoms with van der Waals surface area (Å²) in [5.74, 6) is 1.99. The first-order valence-corrected chi connectivity index (χ1v) is 11.3. The van der Waals surface area contributed by atoms with Crippen LogP contribution in [0, 0.1) is 11.8 Å². The van der Waals surface area contributed by atoms with Crippen molar-refractivity contribution in [3.8, 4) is 45.6 Å². The highest BCUT2D eigenvalue weighted by molar-refractivity contribution is 5.94. The number of fused-ring (bicyclic) bond motifs is 5. The molecule has 1 N–H and O–H groups in total. The number of aliphatic hydroxyl groups excluding tert-OH is 1. The molecule has 2 heterocycles. The van der Waals surface area contributed by atoms with E-state index in [1.165, 1.54) is 7.11 Å². The molecular weight excluding hydrogens is 440 g/mol. The molecule has 0 aromatic heterocycles. The van der Waals surface area contributed by atoms with Crippen molar-refractivity contribution in [1.29, 1.82) is 0 Å². The van der Waals surface area contributed by atoms with Crippen molar-refractivity contribution in [2.24, 2.45) is 11.8 Å². The molecule has 1 aliphatic carbocycles. The van der Waals surface area contributed by atoms with E-state index in [9.17, 15) is 9.90 Å². The van der Waals surface area contributed by atoms with Crippen LogP contribution < -0.4 is 28.4 Å². The number of rotatable bonds is 3. The molecule has 0 saturated heterocycles. The van der Waals surface area contributed by atoms with Crippen LogP contribution in [0.3, 0.4) is 0 Å². The second-order valence-electron chi connectivity index (χ2n) is 8.93. The number of esters is 1. The Hall–Kier alpha value is -3.39. The highest BCUT2D eigenvalue weighted by atomic mass is 16.7. The number of hydrogen-bond acceptors (Lipinski definition) is 8. The van der Waals surface area contributed by atoms with Gasteiger partial charge in [0.1, 0.15) is 0 Å². The van der Waals surface area contributed by atoms with E-state index in [2.05, 4.69) is 6.92 Å². The molecular formula is C26H28O8. The molecule has 180 valence electrons. The summed E-state index contributed by atoms with van der Waals surface area (Å²) in [6.07, 6.45) is 1.49. The number of methoxy groups -OCH3 is 1. The zero-order chi connectivity index (χ0) is 24.1. The largest absolute Gasteiger partial charge is 0.492 e. The van der Waals surface area contributed by atoms with Gasteiger partial charge in [0.2, 0.25) is 25.1 Å². The second-order valence-corrected chi connectivity index (χ2v) is 8.93. The van der Waals surface area contributed by atoms with Crippen molar-refractivity contribution in [3.05, 3.63) is 34.9 Å². The third-order valence-electron chi connectivity index (χ3n) is 7.01. The Morgan fingerprint density at radius 1 is 1.03 bits per heavy atom. The number of allylic oxidation sites excluding steroid dienone is 1. The molecule has 2 aromatic rings. The molecule has 8 heteroatoms. The summed E-state index contributed by atoms with van der Waals surface area (Å²) in [4.78, 5) is 12.9. The highest BCUT2D eigenvalue weighted by Crippen LogP contribution is 2.58. The third kappa shape index (κ3) is 3.36. The summed E-state index contributed by atoms with van der Waals surface area (Å²) in [6, 6.07) is 3.71. The lowest BCUT2D eigenvalue weighted by atomic mass is 9.76. The molecule has 2 aliphatic heterocycles. The summed E-state index contributed by atoms with van der Waals surface area (Å²) in [7, 11) is 1.54. The van der Waals surface area contributed by atoms with Gasteiger partial charge < -0.3 is 33.5 Å². The highest BCUT2D eigenvalue weighted by Gasteiger charge is 2.39. The van der Waals surface area contributed by atoms with Crippen LogP contribution in [0.25, 0.3) is 11.1 Å². The smallest absolute Gasteiger partial charge is 0.338 e. The summed E-state index contributed by atoms with van der Waals surface area (Å²) in [6.45, 7) is 7.64. The van der Waals surface area contributed by atoms with Crippen molar-refractivity contribution in [3.63, 3.8) is 0 Å². The first kappa shape index (κ1) is 22.4. The van der Waals surface area contributed by atoms with E-state index in [4.69, 9.17) is 28.4 Å². The van der Waals surface area contributed by atoms with Gasteiger partial charge >= 0.3 is 5.97 Å². The standard InChI is InChI=1S/C26H28O8/c1-6-12(2)26(28)34-25-19-15(8-17-23(25)33-10-30-17)7-13(3)14(4)21(27)16-9-18-22(32-11-31-18)24(29-5)20(16)19/h6,8-9,13-14,21,27H,7,10-11H2,1-5H3/b12-6+/t13-,14-,21-/m1/s1. The zero-order valence-corrected chi connectivity index (χ0v) is 19.9.